The summed E-state index contributed by atoms with van der Waals surface area (Å²) < 4.78 is 0. The summed E-state index contributed by atoms with van der Waals surface area (Å²) in [5, 5.41) is 4.31. The van der Waals surface area contributed by atoms with E-state index in [1.165, 1.54) is 16.7 Å². The van der Waals surface area contributed by atoms with E-state index < -0.39 is 0 Å². The topological polar surface area (TPSA) is 21.1 Å². The van der Waals surface area contributed by atoms with Gasteiger partial charge in [0.05, 0.1) is 11.7 Å². The van der Waals surface area contributed by atoms with E-state index in [0.717, 1.165) is 41.7 Å². The van der Waals surface area contributed by atoms with E-state index in [0.29, 0.717) is 5.69 Å². The third-order valence-electron chi connectivity index (χ3n) is 6.03. The standard InChI is InChI=1S/C25H17N3/c1-26-22-9-5-8-17(12-22)18-10-11-21-16-25(24(28-27-2)23(21)13-18)14-19-6-3-4-7-20(19)15-25/h3-13H,14-16H2. The maximum absolute atomic E-state index is 7.39. The molecule has 0 heterocycles. The Morgan fingerprint density at radius 3 is 2.18 bits per heavy atom. The molecule has 0 saturated carbocycles. The molecule has 3 aromatic carbocycles. The van der Waals surface area contributed by atoms with Crippen molar-refractivity contribution in [1.29, 1.82) is 0 Å². The average molecular weight is 359 g/mol. The molecule has 2 aliphatic carbocycles. The van der Waals surface area contributed by atoms with Crippen molar-refractivity contribution in [2.75, 3.05) is 0 Å². The van der Waals surface area contributed by atoms with Crippen LogP contribution in [-0.2, 0) is 19.3 Å². The maximum atomic E-state index is 7.39. The Morgan fingerprint density at radius 2 is 1.46 bits per heavy atom. The summed E-state index contributed by atoms with van der Waals surface area (Å²) in [7, 11) is 0. The molecule has 0 N–H and O–H groups in total. The second-order valence-electron chi connectivity index (χ2n) is 7.66. The van der Waals surface area contributed by atoms with Crippen LogP contribution in [0.3, 0.4) is 0 Å². The van der Waals surface area contributed by atoms with E-state index in [1.807, 2.05) is 24.3 Å². The van der Waals surface area contributed by atoms with Gasteiger partial charge in [0, 0.05) is 11.0 Å². The van der Waals surface area contributed by atoms with Crippen LogP contribution < -0.4 is 0 Å². The number of benzene rings is 3. The zero-order valence-corrected chi connectivity index (χ0v) is 15.3. The maximum Gasteiger partial charge on any atom is 0.187 e. The van der Waals surface area contributed by atoms with Crippen molar-refractivity contribution in [2.45, 2.75) is 19.3 Å². The molecule has 0 radical (unpaired) electrons. The molecule has 3 aromatic rings. The fraction of sp³-hybridized carbons (Fsp3) is 0.160. The highest BCUT2D eigenvalue weighted by atomic mass is 15.2. The molecule has 1 spiro atoms. The quantitative estimate of drug-likeness (QED) is 0.383. The number of rotatable bonds is 1. The summed E-state index contributed by atoms with van der Waals surface area (Å²) in [5.74, 6) is 0. The smallest absolute Gasteiger partial charge is 0.187 e. The first-order valence-electron chi connectivity index (χ1n) is 9.35. The zero-order valence-electron chi connectivity index (χ0n) is 15.3. The Labute approximate surface area is 164 Å². The van der Waals surface area contributed by atoms with Gasteiger partial charge in [-0.1, -0.05) is 54.6 Å². The van der Waals surface area contributed by atoms with Crippen LogP contribution in [0.4, 0.5) is 5.69 Å². The summed E-state index contributed by atoms with van der Waals surface area (Å²) >= 11 is 0. The highest BCUT2D eigenvalue weighted by Gasteiger charge is 2.48. The second-order valence-corrected chi connectivity index (χ2v) is 7.66. The molecule has 0 amide bonds. The van der Waals surface area contributed by atoms with E-state index in [2.05, 4.69) is 57.4 Å². The first kappa shape index (κ1) is 16.5. The monoisotopic (exact) mass is 359 g/mol. The zero-order chi connectivity index (χ0) is 19.1. The van der Waals surface area contributed by atoms with Gasteiger partial charge < -0.3 is 0 Å². The molecule has 132 valence electrons. The molecule has 0 aliphatic heterocycles. The van der Waals surface area contributed by atoms with E-state index >= 15 is 0 Å². The van der Waals surface area contributed by atoms with E-state index in [-0.39, 0.29) is 5.41 Å². The fourth-order valence-electron chi connectivity index (χ4n) is 4.82. The summed E-state index contributed by atoms with van der Waals surface area (Å²) in [6.45, 7) is 14.6. The number of fused-ring (bicyclic) bond motifs is 2. The van der Waals surface area contributed by atoms with Gasteiger partial charge in [0.15, 0.2) is 5.69 Å². The van der Waals surface area contributed by atoms with Crippen LogP contribution in [0.2, 0.25) is 0 Å². The minimum Gasteiger partial charge on any atom is -0.238 e. The molecule has 0 bridgehead atoms. The molecule has 3 nitrogen and oxygen atoms in total. The molecular weight excluding hydrogens is 342 g/mol. The van der Waals surface area contributed by atoms with Crippen molar-refractivity contribution in [3.63, 3.8) is 0 Å². The van der Waals surface area contributed by atoms with Crippen molar-refractivity contribution in [3.05, 3.63) is 112 Å². The molecular formula is C25H17N3. The number of hydrogen-bond acceptors (Lipinski definition) is 1. The van der Waals surface area contributed by atoms with E-state index in [4.69, 9.17) is 13.1 Å². The SMILES string of the molecule is [C-]#[N+]N=C1c2cc(-c3cccc([N+]#[C-])c3)ccc2CC12Cc1ccccc1C2. The Kier molecular flexibility index (Phi) is 3.64. The largest absolute Gasteiger partial charge is 0.238 e. The predicted molar refractivity (Wildman–Crippen MR) is 111 cm³/mol. The van der Waals surface area contributed by atoms with Crippen molar-refractivity contribution in [3.8, 4) is 11.1 Å². The summed E-state index contributed by atoms with van der Waals surface area (Å²) in [6, 6.07) is 22.7. The van der Waals surface area contributed by atoms with Crippen molar-refractivity contribution >= 4 is 11.4 Å². The van der Waals surface area contributed by atoms with Crippen LogP contribution in [0, 0.1) is 18.6 Å². The Balaban J connectivity index is 1.61. The lowest BCUT2D eigenvalue weighted by Gasteiger charge is -2.21. The molecule has 0 atom stereocenters. The van der Waals surface area contributed by atoms with Gasteiger partial charge in [-0.15, -0.1) is 4.95 Å². The van der Waals surface area contributed by atoms with Gasteiger partial charge in [0.2, 0.25) is 0 Å². The van der Waals surface area contributed by atoms with Crippen LogP contribution in [0.5, 0.6) is 0 Å². The lowest BCUT2D eigenvalue weighted by Crippen LogP contribution is -2.29. The van der Waals surface area contributed by atoms with E-state index in [9.17, 15) is 0 Å². The molecule has 2 aliphatic rings. The van der Waals surface area contributed by atoms with Gasteiger partial charge >= 0.3 is 0 Å². The third kappa shape index (κ3) is 2.45. The lowest BCUT2D eigenvalue weighted by atomic mass is 9.80. The highest BCUT2D eigenvalue weighted by Crippen LogP contribution is 2.48. The van der Waals surface area contributed by atoms with Crippen LogP contribution in [0.1, 0.15) is 22.3 Å². The normalized spacial score (nSPS) is 17.1. The Hall–Kier alpha value is -3.69. The predicted octanol–water partition coefficient (Wildman–Crippen LogP) is 5.87. The molecule has 28 heavy (non-hydrogen) atoms. The molecule has 0 fully saturated rings. The summed E-state index contributed by atoms with van der Waals surface area (Å²) in [6.07, 6.45) is 2.80. The lowest BCUT2D eigenvalue weighted by molar-refractivity contribution is 0.459. The Morgan fingerprint density at radius 1 is 0.750 bits per heavy atom. The molecule has 0 saturated heterocycles. The summed E-state index contributed by atoms with van der Waals surface area (Å²) in [5.41, 5.74) is 8.65. The van der Waals surface area contributed by atoms with Gasteiger partial charge in [0.1, 0.15) is 5.71 Å². The minimum atomic E-state index is -0.104. The van der Waals surface area contributed by atoms with Crippen molar-refractivity contribution < 1.29 is 0 Å². The van der Waals surface area contributed by atoms with Crippen LogP contribution >= 0.6 is 0 Å². The average Bonchev–Trinajstić information content (AvgIpc) is 3.25. The number of hydrogen-bond donors (Lipinski definition) is 0. The van der Waals surface area contributed by atoms with Gasteiger partial charge in [-0.3, -0.25) is 0 Å². The second kappa shape index (κ2) is 6.19. The molecule has 0 unspecified atom stereocenters. The van der Waals surface area contributed by atoms with E-state index in [1.54, 1.807) is 0 Å². The molecule has 0 aromatic heterocycles. The Bertz CT molecular complexity index is 1200. The van der Waals surface area contributed by atoms with Gasteiger partial charge in [-0.05, 0) is 59.2 Å². The highest BCUT2D eigenvalue weighted by molar-refractivity contribution is 6.10. The first-order chi connectivity index (χ1) is 13.7. The van der Waals surface area contributed by atoms with Gasteiger partial charge in [0.25, 0.3) is 0 Å². The molecule has 3 heteroatoms. The number of nitrogens with zero attached hydrogens (tertiary/aromatic N) is 3. The van der Waals surface area contributed by atoms with Crippen LogP contribution in [0.25, 0.3) is 20.9 Å². The molecule has 5 rings (SSSR count). The van der Waals surface area contributed by atoms with Crippen LogP contribution in [0.15, 0.2) is 71.8 Å². The fourth-order valence-corrected chi connectivity index (χ4v) is 4.82. The third-order valence-corrected chi connectivity index (χ3v) is 6.03. The summed E-state index contributed by atoms with van der Waals surface area (Å²) in [4.78, 5) is 6.97. The van der Waals surface area contributed by atoms with Crippen molar-refractivity contribution in [2.24, 2.45) is 10.5 Å². The minimum absolute atomic E-state index is 0.104. The van der Waals surface area contributed by atoms with Crippen molar-refractivity contribution in [1.82, 2.24) is 0 Å². The van der Waals surface area contributed by atoms with Crippen LogP contribution in [-0.4, -0.2) is 5.71 Å². The van der Waals surface area contributed by atoms with Gasteiger partial charge in [-0.2, -0.15) is 6.57 Å². The van der Waals surface area contributed by atoms with Gasteiger partial charge in [-0.25, -0.2) is 4.85 Å². The first-order valence-corrected chi connectivity index (χ1v) is 9.35.